The third-order valence-corrected chi connectivity index (χ3v) is 3.12. The number of aliphatic hydroxyl groups is 1. The van der Waals surface area contributed by atoms with Crippen LogP contribution in [0.5, 0.6) is 0 Å². The molecule has 19 heavy (non-hydrogen) atoms. The number of allylic oxidation sites excluding steroid dienone is 2. The van der Waals surface area contributed by atoms with Gasteiger partial charge in [-0.3, -0.25) is 4.79 Å². The Balaban J connectivity index is 2.45. The average Bonchev–Trinajstić information content (AvgIpc) is 2.36. The number of Topliss-reactive ketones (excluding diaryl/α,β-unsaturated/α-hetero) is 1. The highest BCUT2D eigenvalue weighted by molar-refractivity contribution is 5.96. The number of hydrogen-bond donors (Lipinski definition) is 1. The van der Waals surface area contributed by atoms with Gasteiger partial charge in [-0.25, -0.2) is 4.79 Å². The van der Waals surface area contributed by atoms with Gasteiger partial charge in [-0.2, -0.15) is 0 Å². The second-order valence-corrected chi connectivity index (χ2v) is 4.77. The van der Waals surface area contributed by atoms with E-state index in [4.69, 9.17) is 4.74 Å². The zero-order chi connectivity index (χ0) is 14.3. The van der Waals surface area contributed by atoms with Crippen molar-refractivity contribution in [1.29, 1.82) is 0 Å². The number of hydrogen-bond acceptors (Lipinski definition) is 4. The SMILES string of the molecule is CCOC(=O)/C=C(\C)CCC(O)C1=CCCCC1=O. The molecule has 1 N–H and O–H groups in total. The Morgan fingerprint density at radius 1 is 1.58 bits per heavy atom. The number of rotatable bonds is 6. The number of esters is 1. The Kier molecular flexibility index (Phi) is 6.50. The van der Waals surface area contributed by atoms with E-state index in [-0.39, 0.29) is 11.8 Å². The summed E-state index contributed by atoms with van der Waals surface area (Å²) in [6, 6.07) is 0. The molecule has 0 fully saturated rings. The molecule has 0 heterocycles. The van der Waals surface area contributed by atoms with Gasteiger partial charge in [0, 0.05) is 18.1 Å². The molecular formula is C15H22O4. The van der Waals surface area contributed by atoms with Gasteiger partial charge >= 0.3 is 5.97 Å². The largest absolute Gasteiger partial charge is 0.463 e. The number of ether oxygens (including phenoxy) is 1. The minimum Gasteiger partial charge on any atom is -0.463 e. The maximum atomic E-state index is 11.6. The van der Waals surface area contributed by atoms with Gasteiger partial charge in [0.15, 0.2) is 5.78 Å². The molecule has 1 aliphatic rings. The van der Waals surface area contributed by atoms with Crippen molar-refractivity contribution in [3.05, 3.63) is 23.3 Å². The molecule has 1 rings (SSSR count). The lowest BCUT2D eigenvalue weighted by atomic mass is 9.91. The molecule has 0 bridgehead atoms. The van der Waals surface area contributed by atoms with Crippen LogP contribution in [0.4, 0.5) is 0 Å². The first-order valence-corrected chi connectivity index (χ1v) is 6.79. The fraction of sp³-hybridized carbons (Fsp3) is 0.600. The number of carbonyl (C=O) groups excluding carboxylic acids is 2. The highest BCUT2D eigenvalue weighted by Gasteiger charge is 2.20. The minimum absolute atomic E-state index is 0.0470. The van der Waals surface area contributed by atoms with Crippen LogP contribution in [0.1, 0.15) is 46.0 Å². The first-order chi connectivity index (χ1) is 9.04. The fourth-order valence-electron chi connectivity index (χ4n) is 2.08. The molecule has 1 unspecified atom stereocenters. The lowest BCUT2D eigenvalue weighted by Gasteiger charge is -2.17. The second kappa shape index (κ2) is 7.89. The second-order valence-electron chi connectivity index (χ2n) is 4.77. The van der Waals surface area contributed by atoms with E-state index < -0.39 is 6.10 Å². The average molecular weight is 266 g/mol. The van der Waals surface area contributed by atoms with Crippen LogP contribution in [0, 0.1) is 0 Å². The van der Waals surface area contributed by atoms with Gasteiger partial charge in [0.25, 0.3) is 0 Å². The van der Waals surface area contributed by atoms with Gasteiger partial charge in [0.1, 0.15) is 0 Å². The third-order valence-electron chi connectivity index (χ3n) is 3.12. The van der Waals surface area contributed by atoms with Crippen LogP contribution in [0.25, 0.3) is 0 Å². The van der Waals surface area contributed by atoms with Crippen LogP contribution in [-0.4, -0.2) is 29.6 Å². The summed E-state index contributed by atoms with van der Waals surface area (Å²) in [5, 5.41) is 10.00. The molecule has 1 aliphatic carbocycles. The molecule has 106 valence electrons. The van der Waals surface area contributed by atoms with Crippen molar-refractivity contribution in [2.75, 3.05) is 6.61 Å². The van der Waals surface area contributed by atoms with Crippen molar-refractivity contribution in [2.24, 2.45) is 0 Å². The summed E-state index contributed by atoms with van der Waals surface area (Å²) in [7, 11) is 0. The Hall–Kier alpha value is -1.42. The van der Waals surface area contributed by atoms with Crippen LogP contribution < -0.4 is 0 Å². The highest BCUT2D eigenvalue weighted by Crippen LogP contribution is 2.21. The van der Waals surface area contributed by atoms with Gasteiger partial charge in [-0.15, -0.1) is 0 Å². The zero-order valence-corrected chi connectivity index (χ0v) is 11.6. The quantitative estimate of drug-likeness (QED) is 0.592. The normalized spacial score (nSPS) is 17.9. The molecule has 0 aromatic carbocycles. The van der Waals surface area contributed by atoms with Crippen LogP contribution in [0.15, 0.2) is 23.3 Å². The van der Waals surface area contributed by atoms with Gasteiger partial charge in [-0.1, -0.05) is 11.6 Å². The van der Waals surface area contributed by atoms with Crippen LogP contribution in [0.2, 0.25) is 0 Å². The predicted octanol–water partition coefficient (Wildman–Crippen LogP) is 2.32. The molecule has 0 aliphatic heterocycles. The third kappa shape index (κ3) is 5.39. The van der Waals surface area contributed by atoms with Crippen molar-refractivity contribution in [3.63, 3.8) is 0 Å². The fourth-order valence-corrected chi connectivity index (χ4v) is 2.08. The first-order valence-electron chi connectivity index (χ1n) is 6.79. The Labute approximate surface area is 114 Å². The molecule has 0 amide bonds. The minimum atomic E-state index is -0.724. The van der Waals surface area contributed by atoms with Gasteiger partial charge < -0.3 is 9.84 Å². The maximum Gasteiger partial charge on any atom is 0.330 e. The summed E-state index contributed by atoms with van der Waals surface area (Å²) in [5.74, 6) is -0.312. The molecular weight excluding hydrogens is 244 g/mol. The summed E-state index contributed by atoms with van der Waals surface area (Å²) in [5.41, 5.74) is 1.39. The number of aliphatic hydroxyl groups excluding tert-OH is 1. The number of carbonyl (C=O) groups is 2. The van der Waals surface area contributed by atoms with E-state index in [1.54, 1.807) is 6.92 Å². The van der Waals surface area contributed by atoms with Crippen LogP contribution >= 0.6 is 0 Å². The predicted molar refractivity (Wildman–Crippen MR) is 72.6 cm³/mol. The lowest BCUT2D eigenvalue weighted by Crippen LogP contribution is -2.20. The zero-order valence-electron chi connectivity index (χ0n) is 11.6. The van der Waals surface area contributed by atoms with E-state index in [1.165, 1.54) is 6.08 Å². The molecule has 1 atom stereocenters. The molecule has 0 radical (unpaired) electrons. The van der Waals surface area contributed by atoms with E-state index in [1.807, 2.05) is 13.0 Å². The molecule has 0 spiro atoms. The smallest absolute Gasteiger partial charge is 0.330 e. The summed E-state index contributed by atoms with van der Waals surface area (Å²) in [6.45, 7) is 3.93. The molecule has 4 heteroatoms. The monoisotopic (exact) mass is 266 g/mol. The Bertz CT molecular complexity index is 393. The highest BCUT2D eigenvalue weighted by atomic mass is 16.5. The van der Waals surface area contributed by atoms with E-state index in [2.05, 4.69) is 0 Å². The van der Waals surface area contributed by atoms with E-state index in [9.17, 15) is 14.7 Å². The Morgan fingerprint density at radius 2 is 2.32 bits per heavy atom. The van der Waals surface area contributed by atoms with Crippen molar-refractivity contribution in [3.8, 4) is 0 Å². The molecule has 0 saturated heterocycles. The summed E-state index contributed by atoms with van der Waals surface area (Å²) >= 11 is 0. The molecule has 0 aromatic heterocycles. The van der Waals surface area contributed by atoms with Gasteiger partial charge in [-0.05, 0) is 39.5 Å². The standard InChI is InChI=1S/C15H22O4/c1-3-19-15(18)10-11(2)8-9-14(17)12-6-4-5-7-13(12)16/h6,10,14,17H,3-5,7-9H2,1-2H3/b11-10+. The van der Waals surface area contributed by atoms with Crippen LogP contribution in [-0.2, 0) is 14.3 Å². The molecule has 0 saturated carbocycles. The summed E-state index contributed by atoms with van der Waals surface area (Å²) < 4.78 is 4.81. The first kappa shape index (κ1) is 15.6. The van der Waals surface area contributed by atoms with Gasteiger partial charge in [0.2, 0.25) is 0 Å². The number of ketones is 1. The van der Waals surface area contributed by atoms with E-state index in [0.29, 0.717) is 31.4 Å². The summed E-state index contributed by atoms with van der Waals surface area (Å²) in [4.78, 5) is 22.9. The molecule has 4 nitrogen and oxygen atoms in total. The van der Waals surface area contributed by atoms with Crippen LogP contribution in [0.3, 0.4) is 0 Å². The van der Waals surface area contributed by atoms with Crippen molar-refractivity contribution < 1.29 is 19.4 Å². The van der Waals surface area contributed by atoms with E-state index in [0.717, 1.165) is 18.4 Å². The maximum absolute atomic E-state index is 11.6. The lowest BCUT2D eigenvalue weighted by molar-refractivity contribution is -0.137. The topological polar surface area (TPSA) is 63.6 Å². The van der Waals surface area contributed by atoms with Gasteiger partial charge in [0.05, 0.1) is 12.7 Å². The van der Waals surface area contributed by atoms with E-state index >= 15 is 0 Å². The Morgan fingerprint density at radius 3 is 2.95 bits per heavy atom. The molecule has 0 aromatic rings. The van der Waals surface area contributed by atoms with Crippen molar-refractivity contribution >= 4 is 11.8 Å². The summed E-state index contributed by atoms with van der Waals surface area (Å²) in [6.07, 6.45) is 5.84. The van der Waals surface area contributed by atoms with Crippen molar-refractivity contribution in [1.82, 2.24) is 0 Å². The van der Waals surface area contributed by atoms with Crippen molar-refractivity contribution in [2.45, 2.75) is 52.1 Å².